The first-order chi connectivity index (χ1) is 14.1. The highest BCUT2D eigenvalue weighted by atomic mass is 127. The van der Waals surface area contributed by atoms with E-state index in [2.05, 4.69) is 15.2 Å². The first kappa shape index (κ1) is 25.3. The quantitative estimate of drug-likeness (QED) is 0.221. The lowest BCUT2D eigenvalue weighted by atomic mass is 10.2. The van der Waals surface area contributed by atoms with E-state index < -0.39 is 10.0 Å². The molecule has 1 aromatic carbocycles. The molecule has 3 N–H and O–H groups in total. The van der Waals surface area contributed by atoms with Crippen molar-refractivity contribution >= 4 is 40.0 Å². The van der Waals surface area contributed by atoms with Crippen molar-refractivity contribution in [3.8, 4) is 0 Å². The van der Waals surface area contributed by atoms with Crippen LogP contribution in [0.1, 0.15) is 31.2 Å². The van der Waals surface area contributed by atoms with Gasteiger partial charge < -0.3 is 15.8 Å². The molecule has 8 nitrogen and oxygen atoms in total. The summed E-state index contributed by atoms with van der Waals surface area (Å²) in [5.41, 5.74) is 6.79. The number of hydrogen-bond donors (Lipinski definition) is 2. The minimum Gasteiger partial charge on any atom is -0.379 e. The van der Waals surface area contributed by atoms with E-state index in [9.17, 15) is 8.42 Å². The van der Waals surface area contributed by atoms with E-state index in [4.69, 9.17) is 10.5 Å². The Kier molecular flexibility index (Phi) is 10.8. The molecule has 0 aromatic heterocycles. The van der Waals surface area contributed by atoms with Crippen molar-refractivity contribution in [1.82, 2.24) is 14.5 Å². The van der Waals surface area contributed by atoms with Crippen molar-refractivity contribution in [2.24, 2.45) is 10.7 Å². The Labute approximate surface area is 197 Å². The summed E-state index contributed by atoms with van der Waals surface area (Å²) in [6.07, 6.45) is 3.94. The fourth-order valence-corrected chi connectivity index (χ4v) is 5.22. The molecule has 10 heteroatoms. The van der Waals surface area contributed by atoms with E-state index in [0.717, 1.165) is 70.6 Å². The number of nitrogens with one attached hydrogen (secondary N) is 1. The lowest BCUT2D eigenvalue weighted by Gasteiger charge is -2.26. The van der Waals surface area contributed by atoms with Crippen molar-refractivity contribution in [1.29, 1.82) is 0 Å². The maximum absolute atomic E-state index is 12.8. The molecule has 2 heterocycles. The lowest BCUT2D eigenvalue weighted by Crippen LogP contribution is -2.39. The van der Waals surface area contributed by atoms with Crippen LogP contribution in [-0.2, 0) is 21.3 Å². The van der Waals surface area contributed by atoms with Crippen molar-refractivity contribution < 1.29 is 13.2 Å². The summed E-state index contributed by atoms with van der Waals surface area (Å²) in [6.45, 7) is 6.92. The van der Waals surface area contributed by atoms with E-state index in [0.29, 0.717) is 30.5 Å². The monoisotopic (exact) mass is 551 g/mol. The van der Waals surface area contributed by atoms with Crippen molar-refractivity contribution in [2.75, 3.05) is 52.5 Å². The topological polar surface area (TPSA) is 100 Å². The Bertz CT molecular complexity index is 778. The maximum atomic E-state index is 12.8. The number of nitrogens with zero attached hydrogens (tertiary/aromatic N) is 3. The second-order valence-electron chi connectivity index (χ2n) is 7.55. The number of ether oxygens (including phenoxy) is 1. The Morgan fingerprint density at radius 1 is 1.13 bits per heavy atom. The van der Waals surface area contributed by atoms with Crippen LogP contribution in [0.3, 0.4) is 0 Å². The fourth-order valence-electron chi connectivity index (χ4n) is 3.63. The van der Waals surface area contributed by atoms with E-state index in [-0.39, 0.29) is 24.0 Å². The third-order valence-corrected chi connectivity index (χ3v) is 7.24. The van der Waals surface area contributed by atoms with Gasteiger partial charge in [0.1, 0.15) is 0 Å². The van der Waals surface area contributed by atoms with Gasteiger partial charge in [0.05, 0.1) is 24.7 Å². The summed E-state index contributed by atoms with van der Waals surface area (Å²) in [5, 5.41) is 3.13. The Morgan fingerprint density at radius 3 is 2.60 bits per heavy atom. The third-order valence-electron chi connectivity index (χ3n) is 5.34. The zero-order valence-electron chi connectivity index (χ0n) is 17.5. The highest BCUT2D eigenvalue weighted by Crippen LogP contribution is 2.21. The molecule has 0 bridgehead atoms. The number of benzene rings is 1. The predicted octanol–water partition coefficient (Wildman–Crippen LogP) is 1.61. The number of piperidine rings is 1. The van der Waals surface area contributed by atoms with Crippen LogP contribution < -0.4 is 11.1 Å². The minimum atomic E-state index is -3.43. The molecule has 2 saturated heterocycles. The molecule has 2 aliphatic rings. The SMILES string of the molecule is I.NC(=NCc1cccc(S(=O)(=O)N2CCCCC2)c1)NCCCN1CCOCC1. The Morgan fingerprint density at radius 2 is 1.87 bits per heavy atom. The normalized spacial score (nSPS) is 19.3. The van der Waals surface area contributed by atoms with Crippen LogP contribution in [0.15, 0.2) is 34.2 Å². The van der Waals surface area contributed by atoms with Gasteiger partial charge in [-0.2, -0.15) is 4.31 Å². The number of sulfonamides is 1. The van der Waals surface area contributed by atoms with Gasteiger partial charge >= 0.3 is 0 Å². The van der Waals surface area contributed by atoms with Gasteiger partial charge in [-0.05, 0) is 43.5 Å². The third kappa shape index (κ3) is 7.63. The molecular formula is C20H34IN5O3S. The van der Waals surface area contributed by atoms with E-state index >= 15 is 0 Å². The number of halogens is 1. The molecule has 0 atom stereocenters. The number of hydrogen-bond acceptors (Lipinski definition) is 5. The standard InChI is InChI=1S/C20H33N5O3S.HI/c21-20(22-8-5-9-24-12-14-28-15-13-24)23-17-18-6-4-7-19(16-18)29(26,27)25-10-2-1-3-11-25;/h4,6-7,16H,1-3,5,8-15,17H2,(H3,21,22,23);1H. The highest BCUT2D eigenvalue weighted by Gasteiger charge is 2.25. The number of rotatable bonds is 8. The van der Waals surface area contributed by atoms with E-state index in [1.165, 1.54) is 0 Å². The van der Waals surface area contributed by atoms with Crippen LogP contribution in [0.2, 0.25) is 0 Å². The average molecular weight is 551 g/mol. The number of aliphatic imine (C=N–C) groups is 1. The van der Waals surface area contributed by atoms with Crippen LogP contribution in [0.4, 0.5) is 0 Å². The maximum Gasteiger partial charge on any atom is 0.243 e. The summed E-state index contributed by atoms with van der Waals surface area (Å²) in [6, 6.07) is 7.02. The summed E-state index contributed by atoms with van der Waals surface area (Å²) in [5.74, 6) is 0.385. The number of morpholine rings is 1. The molecule has 2 fully saturated rings. The van der Waals surface area contributed by atoms with Crippen LogP contribution in [0.5, 0.6) is 0 Å². The first-order valence-corrected chi connectivity index (χ1v) is 11.9. The molecule has 170 valence electrons. The molecule has 0 amide bonds. The second-order valence-corrected chi connectivity index (χ2v) is 9.49. The van der Waals surface area contributed by atoms with Gasteiger partial charge in [-0.3, -0.25) is 4.90 Å². The van der Waals surface area contributed by atoms with Gasteiger partial charge in [0.25, 0.3) is 0 Å². The predicted molar refractivity (Wildman–Crippen MR) is 130 cm³/mol. The minimum absolute atomic E-state index is 0. The number of nitrogens with two attached hydrogens (primary N) is 1. The van der Waals surface area contributed by atoms with Gasteiger partial charge in [-0.25, -0.2) is 13.4 Å². The average Bonchev–Trinajstić information content (AvgIpc) is 2.77. The van der Waals surface area contributed by atoms with Crippen LogP contribution in [0, 0.1) is 0 Å². The largest absolute Gasteiger partial charge is 0.379 e. The molecule has 0 spiro atoms. The zero-order valence-corrected chi connectivity index (χ0v) is 20.6. The molecule has 2 aliphatic heterocycles. The van der Waals surface area contributed by atoms with Crippen LogP contribution >= 0.6 is 24.0 Å². The Balaban J connectivity index is 0.00000320. The molecule has 0 unspecified atom stereocenters. The Hall–Kier alpha value is -0.950. The van der Waals surface area contributed by atoms with Gasteiger partial charge in [0.2, 0.25) is 10.0 Å². The van der Waals surface area contributed by atoms with Crippen molar-refractivity contribution in [2.45, 2.75) is 37.1 Å². The van der Waals surface area contributed by atoms with Crippen molar-refractivity contribution in [3.63, 3.8) is 0 Å². The first-order valence-electron chi connectivity index (χ1n) is 10.5. The van der Waals surface area contributed by atoms with Gasteiger partial charge in [-0.1, -0.05) is 18.6 Å². The van der Waals surface area contributed by atoms with E-state index in [1.54, 1.807) is 22.5 Å². The summed E-state index contributed by atoms with van der Waals surface area (Å²) in [4.78, 5) is 7.07. The van der Waals surface area contributed by atoms with Crippen LogP contribution in [0.25, 0.3) is 0 Å². The molecule has 3 rings (SSSR count). The van der Waals surface area contributed by atoms with E-state index in [1.807, 2.05) is 6.07 Å². The zero-order chi connectivity index (χ0) is 20.5. The molecular weight excluding hydrogens is 517 g/mol. The summed E-state index contributed by atoms with van der Waals surface area (Å²) in [7, 11) is -3.43. The fraction of sp³-hybridized carbons (Fsp3) is 0.650. The summed E-state index contributed by atoms with van der Waals surface area (Å²) < 4.78 is 32.6. The van der Waals surface area contributed by atoms with Gasteiger partial charge in [0.15, 0.2) is 5.96 Å². The smallest absolute Gasteiger partial charge is 0.243 e. The lowest BCUT2D eigenvalue weighted by molar-refractivity contribution is 0.0376. The second kappa shape index (κ2) is 12.8. The molecule has 0 saturated carbocycles. The molecule has 0 radical (unpaired) electrons. The van der Waals surface area contributed by atoms with Crippen LogP contribution in [-0.4, -0.2) is 76.1 Å². The summed E-state index contributed by atoms with van der Waals surface area (Å²) >= 11 is 0. The highest BCUT2D eigenvalue weighted by molar-refractivity contribution is 14.0. The number of guanidine groups is 1. The van der Waals surface area contributed by atoms with Gasteiger partial charge in [0, 0.05) is 32.7 Å². The molecule has 1 aromatic rings. The van der Waals surface area contributed by atoms with Crippen molar-refractivity contribution in [3.05, 3.63) is 29.8 Å². The molecule has 30 heavy (non-hydrogen) atoms. The molecule has 0 aliphatic carbocycles. The van der Waals surface area contributed by atoms with Gasteiger partial charge in [-0.15, -0.1) is 24.0 Å².